The summed E-state index contributed by atoms with van der Waals surface area (Å²) in [6.45, 7) is 6.56. The minimum Gasteiger partial charge on any atom is -0.312 e. The van der Waals surface area contributed by atoms with Gasteiger partial charge in [-0.1, -0.05) is 20.3 Å². The van der Waals surface area contributed by atoms with Gasteiger partial charge in [0.15, 0.2) is 0 Å². The maximum atomic E-state index is 4.13. The van der Waals surface area contributed by atoms with Crippen LogP contribution in [-0.2, 0) is 13.6 Å². The number of nitrogens with zero attached hydrogens (tertiary/aromatic N) is 2. The van der Waals surface area contributed by atoms with E-state index in [1.165, 1.54) is 18.4 Å². The van der Waals surface area contributed by atoms with Crippen molar-refractivity contribution in [3.8, 4) is 0 Å². The predicted molar refractivity (Wildman–Crippen MR) is 59.0 cm³/mol. The molecule has 1 aromatic rings. The van der Waals surface area contributed by atoms with Crippen LogP contribution in [-0.4, -0.2) is 16.3 Å². The largest absolute Gasteiger partial charge is 0.312 e. The fourth-order valence-corrected chi connectivity index (χ4v) is 1.62. The molecule has 0 aromatic carbocycles. The molecule has 0 amide bonds. The second-order valence-electron chi connectivity index (χ2n) is 4.05. The van der Waals surface area contributed by atoms with Crippen molar-refractivity contribution in [2.24, 2.45) is 13.0 Å². The number of nitrogens with one attached hydrogen (secondary N) is 1. The Bertz CT molecular complexity index is 255. The minimum absolute atomic E-state index is 0.775. The highest BCUT2D eigenvalue weighted by atomic mass is 15.2. The number of hydrogen-bond acceptors (Lipinski definition) is 2. The van der Waals surface area contributed by atoms with E-state index in [1.807, 2.05) is 17.9 Å². The summed E-state index contributed by atoms with van der Waals surface area (Å²) in [5.41, 5.74) is 1.26. The lowest BCUT2D eigenvalue weighted by molar-refractivity contribution is 0.476. The topological polar surface area (TPSA) is 29.9 Å². The molecule has 1 rings (SSSR count). The monoisotopic (exact) mass is 195 g/mol. The van der Waals surface area contributed by atoms with E-state index in [-0.39, 0.29) is 0 Å². The molecule has 0 saturated carbocycles. The van der Waals surface area contributed by atoms with Crippen molar-refractivity contribution in [1.29, 1.82) is 0 Å². The predicted octanol–water partition coefficient (Wildman–Crippen LogP) is 1.95. The summed E-state index contributed by atoms with van der Waals surface area (Å²) in [4.78, 5) is 0. The smallest absolute Gasteiger partial charge is 0.0534 e. The summed E-state index contributed by atoms with van der Waals surface area (Å²) >= 11 is 0. The van der Waals surface area contributed by atoms with Gasteiger partial charge in [-0.2, -0.15) is 5.10 Å². The van der Waals surface area contributed by atoms with Crippen molar-refractivity contribution in [2.45, 2.75) is 33.2 Å². The van der Waals surface area contributed by atoms with Crippen molar-refractivity contribution < 1.29 is 0 Å². The average Bonchev–Trinajstić information content (AvgIpc) is 2.52. The first-order valence-corrected chi connectivity index (χ1v) is 5.40. The lowest BCUT2D eigenvalue weighted by atomic mass is 10.1. The molecule has 0 fully saturated rings. The van der Waals surface area contributed by atoms with Crippen LogP contribution in [0.15, 0.2) is 12.4 Å². The van der Waals surface area contributed by atoms with Crippen LogP contribution in [0.3, 0.4) is 0 Å². The van der Waals surface area contributed by atoms with E-state index in [0.29, 0.717) is 0 Å². The zero-order chi connectivity index (χ0) is 10.4. The molecule has 1 aromatic heterocycles. The summed E-state index contributed by atoms with van der Waals surface area (Å²) < 4.78 is 1.84. The molecule has 80 valence electrons. The Morgan fingerprint density at radius 1 is 1.57 bits per heavy atom. The van der Waals surface area contributed by atoms with Crippen LogP contribution < -0.4 is 5.32 Å². The van der Waals surface area contributed by atoms with E-state index in [1.54, 1.807) is 0 Å². The molecule has 0 aliphatic rings. The Morgan fingerprint density at radius 2 is 2.36 bits per heavy atom. The number of aryl methyl sites for hydroxylation is 1. The van der Waals surface area contributed by atoms with Crippen molar-refractivity contribution in [2.75, 3.05) is 6.54 Å². The molecular weight excluding hydrogens is 174 g/mol. The van der Waals surface area contributed by atoms with Crippen LogP contribution >= 0.6 is 0 Å². The third-order valence-electron chi connectivity index (χ3n) is 2.36. The van der Waals surface area contributed by atoms with Gasteiger partial charge in [0.2, 0.25) is 0 Å². The SMILES string of the molecule is CCC[C@@H](C)CNCc1cnn(C)c1. The Balaban J connectivity index is 2.15. The molecule has 0 bridgehead atoms. The summed E-state index contributed by atoms with van der Waals surface area (Å²) in [7, 11) is 1.95. The van der Waals surface area contributed by atoms with E-state index >= 15 is 0 Å². The molecule has 14 heavy (non-hydrogen) atoms. The van der Waals surface area contributed by atoms with Gasteiger partial charge in [-0.25, -0.2) is 0 Å². The molecule has 0 aliphatic carbocycles. The molecular formula is C11H21N3. The van der Waals surface area contributed by atoms with Crippen LogP contribution in [0.1, 0.15) is 32.3 Å². The van der Waals surface area contributed by atoms with E-state index < -0.39 is 0 Å². The van der Waals surface area contributed by atoms with E-state index in [2.05, 4.69) is 30.5 Å². The highest BCUT2D eigenvalue weighted by molar-refractivity contribution is 5.02. The first-order valence-electron chi connectivity index (χ1n) is 5.40. The first kappa shape index (κ1) is 11.2. The number of aromatic nitrogens is 2. The van der Waals surface area contributed by atoms with Crippen LogP contribution in [0.2, 0.25) is 0 Å². The summed E-state index contributed by atoms with van der Waals surface area (Å²) in [5, 5.41) is 7.57. The van der Waals surface area contributed by atoms with Gasteiger partial charge >= 0.3 is 0 Å². The lowest BCUT2D eigenvalue weighted by Gasteiger charge is -2.10. The Hall–Kier alpha value is -0.830. The van der Waals surface area contributed by atoms with Crippen molar-refractivity contribution in [3.63, 3.8) is 0 Å². The standard InChI is InChI=1S/C11H21N3/c1-4-5-10(2)6-12-7-11-8-13-14(3)9-11/h8-10,12H,4-7H2,1-3H3/t10-/m1/s1. The summed E-state index contributed by atoms with van der Waals surface area (Å²) in [6, 6.07) is 0. The van der Waals surface area contributed by atoms with Gasteiger partial charge in [-0.05, 0) is 18.9 Å². The van der Waals surface area contributed by atoms with Crippen LogP contribution in [0, 0.1) is 5.92 Å². The van der Waals surface area contributed by atoms with Gasteiger partial charge in [-0.15, -0.1) is 0 Å². The second kappa shape index (κ2) is 5.81. The van der Waals surface area contributed by atoms with Gasteiger partial charge in [0.25, 0.3) is 0 Å². The van der Waals surface area contributed by atoms with Crippen molar-refractivity contribution in [1.82, 2.24) is 15.1 Å². The van der Waals surface area contributed by atoms with Gasteiger partial charge in [-0.3, -0.25) is 4.68 Å². The molecule has 1 atom stereocenters. The first-order chi connectivity index (χ1) is 6.72. The number of hydrogen-bond donors (Lipinski definition) is 1. The van der Waals surface area contributed by atoms with Gasteiger partial charge in [0, 0.05) is 25.4 Å². The van der Waals surface area contributed by atoms with Crippen molar-refractivity contribution in [3.05, 3.63) is 18.0 Å². The van der Waals surface area contributed by atoms with Crippen molar-refractivity contribution >= 4 is 0 Å². The average molecular weight is 195 g/mol. The Kier molecular flexibility index (Phi) is 4.66. The molecule has 0 saturated heterocycles. The zero-order valence-corrected chi connectivity index (χ0v) is 9.45. The zero-order valence-electron chi connectivity index (χ0n) is 9.45. The lowest BCUT2D eigenvalue weighted by Crippen LogP contribution is -2.20. The normalized spacial score (nSPS) is 13.1. The Morgan fingerprint density at radius 3 is 2.93 bits per heavy atom. The quantitative estimate of drug-likeness (QED) is 0.752. The third-order valence-corrected chi connectivity index (χ3v) is 2.36. The van der Waals surface area contributed by atoms with Crippen LogP contribution in [0.5, 0.6) is 0 Å². The van der Waals surface area contributed by atoms with Gasteiger partial charge < -0.3 is 5.32 Å². The van der Waals surface area contributed by atoms with Gasteiger partial charge in [0.05, 0.1) is 6.20 Å². The molecule has 0 unspecified atom stereocenters. The highest BCUT2D eigenvalue weighted by Crippen LogP contribution is 2.03. The molecule has 0 aliphatic heterocycles. The van der Waals surface area contributed by atoms with E-state index in [0.717, 1.165) is 19.0 Å². The summed E-state index contributed by atoms with van der Waals surface area (Å²) in [6.07, 6.45) is 6.55. The summed E-state index contributed by atoms with van der Waals surface area (Å²) in [5.74, 6) is 0.775. The fourth-order valence-electron chi connectivity index (χ4n) is 1.62. The molecule has 1 N–H and O–H groups in total. The number of rotatable bonds is 6. The fraction of sp³-hybridized carbons (Fsp3) is 0.727. The van der Waals surface area contributed by atoms with E-state index in [9.17, 15) is 0 Å². The molecule has 1 heterocycles. The van der Waals surface area contributed by atoms with Gasteiger partial charge in [0.1, 0.15) is 0 Å². The third kappa shape index (κ3) is 3.92. The Labute approximate surface area is 86.5 Å². The van der Waals surface area contributed by atoms with E-state index in [4.69, 9.17) is 0 Å². The molecule has 0 radical (unpaired) electrons. The highest BCUT2D eigenvalue weighted by Gasteiger charge is 2.00. The second-order valence-corrected chi connectivity index (χ2v) is 4.05. The molecule has 3 nitrogen and oxygen atoms in total. The molecule has 0 spiro atoms. The molecule has 3 heteroatoms. The maximum Gasteiger partial charge on any atom is 0.0534 e. The maximum absolute atomic E-state index is 4.13. The van der Waals surface area contributed by atoms with Crippen LogP contribution in [0.25, 0.3) is 0 Å². The van der Waals surface area contributed by atoms with Crippen LogP contribution in [0.4, 0.5) is 0 Å². The minimum atomic E-state index is 0.775.